The Kier molecular flexibility index (Phi) is 4.75. The first-order valence-corrected chi connectivity index (χ1v) is 11.1. The van der Waals surface area contributed by atoms with Crippen molar-refractivity contribution in [2.45, 2.75) is 25.8 Å². The number of piperidine rings is 1. The van der Waals surface area contributed by atoms with Crippen molar-refractivity contribution in [2.75, 3.05) is 19.6 Å². The number of pyridine rings is 1. The average Bonchev–Trinajstić information content (AvgIpc) is 3.47. The van der Waals surface area contributed by atoms with Crippen LogP contribution in [0.1, 0.15) is 24.3 Å². The van der Waals surface area contributed by atoms with Crippen LogP contribution >= 0.6 is 11.3 Å². The second-order valence-corrected chi connectivity index (χ2v) is 8.90. The maximum Gasteiger partial charge on any atom is 0.317 e. The maximum absolute atomic E-state index is 12.8. The van der Waals surface area contributed by atoms with Crippen LogP contribution in [0.2, 0.25) is 0 Å². The van der Waals surface area contributed by atoms with E-state index in [9.17, 15) is 4.79 Å². The van der Waals surface area contributed by atoms with Gasteiger partial charge in [0.05, 0.1) is 11.6 Å². The van der Waals surface area contributed by atoms with Gasteiger partial charge in [0.2, 0.25) is 0 Å². The van der Waals surface area contributed by atoms with Crippen molar-refractivity contribution in [2.24, 2.45) is 5.92 Å². The lowest BCUT2D eigenvalue weighted by Gasteiger charge is -2.38. The van der Waals surface area contributed by atoms with Gasteiger partial charge in [0.25, 0.3) is 0 Å². The smallest absolute Gasteiger partial charge is 0.317 e. The summed E-state index contributed by atoms with van der Waals surface area (Å²) < 4.78 is 2.35. The van der Waals surface area contributed by atoms with Gasteiger partial charge in [-0.1, -0.05) is 13.0 Å². The molecule has 0 aromatic carbocycles. The summed E-state index contributed by atoms with van der Waals surface area (Å²) in [5.41, 5.74) is 2.11. The fraction of sp³-hybridized carbons (Fsp3) is 0.364. The van der Waals surface area contributed by atoms with Crippen LogP contribution in [-0.2, 0) is 6.42 Å². The summed E-state index contributed by atoms with van der Waals surface area (Å²) >= 11 is 1.74. The monoisotopic (exact) mass is 407 g/mol. The quantitative estimate of drug-likeness (QED) is 0.526. The van der Waals surface area contributed by atoms with Gasteiger partial charge in [-0.2, -0.15) is 0 Å². The highest BCUT2D eigenvalue weighted by atomic mass is 32.1. The number of rotatable bonds is 4. The zero-order chi connectivity index (χ0) is 19.8. The molecule has 1 aliphatic rings. The minimum Gasteiger partial charge on any atom is -0.346 e. The fourth-order valence-corrected chi connectivity index (χ4v) is 5.09. The van der Waals surface area contributed by atoms with Gasteiger partial charge in [-0.25, -0.2) is 9.78 Å². The fourth-order valence-electron chi connectivity index (χ4n) is 4.39. The van der Waals surface area contributed by atoms with Gasteiger partial charge in [0.15, 0.2) is 0 Å². The van der Waals surface area contributed by atoms with Gasteiger partial charge in [-0.05, 0) is 42.3 Å². The van der Waals surface area contributed by atoms with Gasteiger partial charge >= 0.3 is 6.03 Å². The summed E-state index contributed by atoms with van der Waals surface area (Å²) in [6, 6.07) is 8.68. The first kappa shape index (κ1) is 18.2. The van der Waals surface area contributed by atoms with Crippen LogP contribution in [-0.4, -0.2) is 45.1 Å². The molecule has 6 nitrogen and oxygen atoms in total. The van der Waals surface area contributed by atoms with Crippen molar-refractivity contribution in [1.29, 1.82) is 0 Å². The zero-order valence-corrected chi connectivity index (χ0v) is 17.3. The number of aromatic nitrogens is 3. The number of urea groups is 1. The molecule has 0 saturated carbocycles. The highest BCUT2D eigenvalue weighted by Crippen LogP contribution is 2.33. The Morgan fingerprint density at radius 3 is 3.17 bits per heavy atom. The minimum atomic E-state index is 0.0448. The molecule has 0 radical (unpaired) electrons. The summed E-state index contributed by atoms with van der Waals surface area (Å²) in [5.74, 6) is 0.503. The number of amides is 2. The molecule has 0 bridgehead atoms. The summed E-state index contributed by atoms with van der Waals surface area (Å²) in [6.45, 7) is 4.50. The normalized spacial score (nSPS) is 19.8. The Hall–Kier alpha value is -2.80. The molecule has 150 valence electrons. The molecule has 2 atom stereocenters. The number of thiophene rings is 1. The Labute approximate surface area is 173 Å². The number of aromatic amines is 1. The average molecular weight is 408 g/mol. The number of nitrogens with zero attached hydrogens (tertiary/aromatic N) is 3. The van der Waals surface area contributed by atoms with Crippen molar-refractivity contribution in [3.63, 3.8) is 0 Å². The first-order valence-electron chi connectivity index (χ1n) is 10.2. The lowest BCUT2D eigenvalue weighted by molar-refractivity contribution is 0.142. The molecule has 1 aliphatic heterocycles. The summed E-state index contributed by atoms with van der Waals surface area (Å²) in [7, 11) is 0. The zero-order valence-electron chi connectivity index (χ0n) is 16.5. The largest absolute Gasteiger partial charge is 0.346 e. The van der Waals surface area contributed by atoms with Gasteiger partial charge in [0.1, 0.15) is 5.65 Å². The van der Waals surface area contributed by atoms with E-state index in [0.717, 1.165) is 42.4 Å². The molecule has 0 spiro atoms. The van der Waals surface area contributed by atoms with Crippen molar-refractivity contribution in [3.8, 4) is 0 Å². The van der Waals surface area contributed by atoms with E-state index in [1.54, 1.807) is 11.3 Å². The van der Waals surface area contributed by atoms with E-state index in [-0.39, 0.29) is 12.1 Å². The maximum atomic E-state index is 12.8. The Morgan fingerprint density at radius 2 is 2.31 bits per heavy atom. The standard InChI is InChI=1S/C22H25N5OS/c1-15-6-10-26(22(28)24-8-4-17-3-2-12-29-17)14-19(15)27-11-7-16-13-25-21-18(20(16)27)5-9-23-21/h2-3,5,7,9,11-13,15,19H,4,6,8,10,14H2,1H3,(H,23,25)(H,24,28)/t15-,19+/m1/s1. The lowest BCUT2D eigenvalue weighted by Crippen LogP contribution is -2.48. The molecule has 7 heteroatoms. The van der Waals surface area contributed by atoms with E-state index in [2.05, 4.69) is 62.6 Å². The predicted molar refractivity (Wildman–Crippen MR) is 117 cm³/mol. The number of hydrogen-bond acceptors (Lipinski definition) is 3. The van der Waals surface area contributed by atoms with Crippen molar-refractivity contribution in [1.82, 2.24) is 24.8 Å². The van der Waals surface area contributed by atoms with Gasteiger partial charge in [0, 0.05) is 53.9 Å². The molecule has 1 saturated heterocycles. The van der Waals surface area contributed by atoms with Gasteiger partial charge in [-0.15, -0.1) is 11.3 Å². The number of likely N-dealkylation sites (tertiary alicyclic amines) is 1. The highest BCUT2D eigenvalue weighted by Gasteiger charge is 2.31. The van der Waals surface area contributed by atoms with Crippen LogP contribution in [0.25, 0.3) is 21.9 Å². The number of nitrogens with one attached hydrogen (secondary N) is 2. The molecule has 29 heavy (non-hydrogen) atoms. The van der Waals surface area contributed by atoms with Crippen LogP contribution in [0.3, 0.4) is 0 Å². The van der Waals surface area contributed by atoms with Crippen LogP contribution in [0, 0.1) is 5.92 Å². The molecular formula is C22H25N5OS. The molecule has 1 fully saturated rings. The predicted octanol–water partition coefficient (Wildman–Crippen LogP) is 4.41. The minimum absolute atomic E-state index is 0.0448. The molecule has 2 amide bonds. The number of fused-ring (bicyclic) bond motifs is 3. The SMILES string of the molecule is C[C@@H]1CCN(C(=O)NCCc2cccs2)C[C@@H]1n1ccc2cnc3[nH]ccc3c21. The highest BCUT2D eigenvalue weighted by molar-refractivity contribution is 7.09. The number of hydrogen-bond donors (Lipinski definition) is 2. The Morgan fingerprint density at radius 1 is 1.38 bits per heavy atom. The van der Waals surface area contributed by atoms with E-state index in [1.165, 1.54) is 10.4 Å². The third-order valence-corrected chi connectivity index (χ3v) is 6.99. The Balaban J connectivity index is 1.34. The van der Waals surface area contributed by atoms with Crippen LogP contribution in [0.15, 0.2) is 48.2 Å². The first-order chi connectivity index (χ1) is 14.2. The van der Waals surface area contributed by atoms with E-state index in [0.29, 0.717) is 12.5 Å². The Bertz CT molecular complexity index is 1130. The second kappa shape index (κ2) is 7.55. The molecule has 2 N–H and O–H groups in total. The van der Waals surface area contributed by atoms with E-state index in [1.807, 2.05) is 17.3 Å². The summed E-state index contributed by atoms with van der Waals surface area (Å²) in [4.78, 5) is 23.8. The molecule has 5 rings (SSSR count). The number of H-pyrrole nitrogens is 1. The van der Waals surface area contributed by atoms with Gasteiger partial charge in [-0.3, -0.25) is 0 Å². The molecular weight excluding hydrogens is 382 g/mol. The molecule has 5 heterocycles. The van der Waals surface area contributed by atoms with Crippen molar-refractivity contribution in [3.05, 3.63) is 53.1 Å². The van der Waals surface area contributed by atoms with Crippen LogP contribution in [0.5, 0.6) is 0 Å². The van der Waals surface area contributed by atoms with E-state index >= 15 is 0 Å². The second-order valence-electron chi connectivity index (χ2n) is 7.87. The molecule has 4 aromatic rings. The summed E-state index contributed by atoms with van der Waals surface area (Å²) in [5, 5.41) is 7.46. The molecule has 0 unspecified atom stereocenters. The third kappa shape index (κ3) is 3.40. The number of carbonyl (C=O) groups is 1. The van der Waals surface area contributed by atoms with Gasteiger partial charge < -0.3 is 19.8 Å². The number of carbonyl (C=O) groups excluding carboxylic acids is 1. The van der Waals surface area contributed by atoms with Crippen LogP contribution in [0.4, 0.5) is 4.79 Å². The summed E-state index contributed by atoms with van der Waals surface area (Å²) in [6.07, 6.45) is 7.90. The molecule has 4 aromatic heterocycles. The lowest BCUT2D eigenvalue weighted by atomic mass is 9.93. The third-order valence-electron chi connectivity index (χ3n) is 6.05. The van der Waals surface area contributed by atoms with Crippen molar-refractivity contribution < 1.29 is 4.79 Å². The topological polar surface area (TPSA) is 66.0 Å². The van der Waals surface area contributed by atoms with Crippen LogP contribution < -0.4 is 5.32 Å². The van der Waals surface area contributed by atoms with E-state index in [4.69, 9.17) is 0 Å². The van der Waals surface area contributed by atoms with E-state index < -0.39 is 0 Å². The molecule has 0 aliphatic carbocycles. The van der Waals surface area contributed by atoms with Crippen molar-refractivity contribution >= 4 is 39.3 Å².